The second kappa shape index (κ2) is 13.5. The number of nitrogens with two attached hydrogens (primary N) is 1. The molecule has 3 aromatic rings. The molecule has 4 unspecified atom stereocenters. The molecule has 4 atom stereocenters. The molecule has 0 bridgehead atoms. The monoisotopic (exact) mass is 609 g/mol. The van der Waals surface area contributed by atoms with Gasteiger partial charge in [0.05, 0.1) is 0 Å². The Hall–Kier alpha value is -4.05. The molecule has 10 nitrogen and oxygen atoms in total. The quantitative estimate of drug-likeness (QED) is 0.221. The number of ether oxygens (including phenoxy) is 1. The summed E-state index contributed by atoms with van der Waals surface area (Å²) in [7, 11) is 0. The van der Waals surface area contributed by atoms with Gasteiger partial charge in [0, 0.05) is 28.0 Å². The molecular weight excluding hydrogens is 570 g/mol. The Bertz CT molecular complexity index is 1490. The predicted molar refractivity (Wildman–Crippen MR) is 165 cm³/mol. The van der Waals surface area contributed by atoms with Crippen LogP contribution in [0.3, 0.4) is 0 Å². The van der Waals surface area contributed by atoms with Gasteiger partial charge in [-0.1, -0.05) is 76.0 Å². The Labute approximate surface area is 256 Å². The number of hydrogen-bond donors (Lipinski definition) is 5. The van der Waals surface area contributed by atoms with Crippen molar-refractivity contribution >= 4 is 46.3 Å². The standard InChI is InChI=1S/C32H40ClN5O5/c1-5-19(4)27(37-31(42)43-17-20-9-7-6-8-10-20)29(40)38-32(30(41)36-26(18(2)3)28(34)39)14-13-25-23(16-32)22-15-21(33)11-12-24(22)35-25/h6-12,15,18-19,26-27,35H,5,13-14,16-17H2,1-4H3,(H2,34,39)(H,36,41)(H,37,42)(H,38,40). The van der Waals surface area contributed by atoms with Crippen molar-refractivity contribution in [3.05, 3.63) is 70.4 Å². The molecule has 1 aliphatic rings. The van der Waals surface area contributed by atoms with Crippen LogP contribution in [0.15, 0.2) is 48.5 Å². The molecule has 230 valence electrons. The highest BCUT2D eigenvalue weighted by molar-refractivity contribution is 6.31. The molecule has 1 aromatic heterocycles. The zero-order valence-electron chi connectivity index (χ0n) is 25.0. The Kier molecular flexibility index (Phi) is 10.0. The van der Waals surface area contributed by atoms with Crippen molar-refractivity contribution in [1.29, 1.82) is 0 Å². The van der Waals surface area contributed by atoms with Crippen LogP contribution in [0.4, 0.5) is 4.79 Å². The lowest BCUT2D eigenvalue weighted by atomic mass is 9.78. The Morgan fingerprint density at radius 3 is 2.42 bits per heavy atom. The van der Waals surface area contributed by atoms with E-state index in [1.807, 2.05) is 56.3 Å². The average Bonchev–Trinajstić information content (AvgIpc) is 3.33. The summed E-state index contributed by atoms with van der Waals surface area (Å²) < 4.78 is 5.39. The summed E-state index contributed by atoms with van der Waals surface area (Å²) in [5.74, 6) is -2.25. The van der Waals surface area contributed by atoms with Gasteiger partial charge in [-0.25, -0.2) is 4.79 Å². The second-order valence-corrected chi connectivity index (χ2v) is 12.1. The van der Waals surface area contributed by atoms with E-state index in [1.54, 1.807) is 19.9 Å². The number of hydrogen-bond acceptors (Lipinski definition) is 5. The van der Waals surface area contributed by atoms with Crippen molar-refractivity contribution in [3.8, 4) is 0 Å². The predicted octanol–water partition coefficient (Wildman–Crippen LogP) is 4.13. The smallest absolute Gasteiger partial charge is 0.408 e. The highest BCUT2D eigenvalue weighted by atomic mass is 35.5. The summed E-state index contributed by atoms with van der Waals surface area (Å²) in [6.07, 6.45) is 0.703. The van der Waals surface area contributed by atoms with E-state index in [0.29, 0.717) is 17.9 Å². The minimum atomic E-state index is -1.43. The SMILES string of the molecule is CCC(C)C(NC(=O)OCc1ccccc1)C(=O)NC1(C(=O)NC(C(N)=O)C(C)C)CCc2[nH]c3ccc(Cl)cc3c2C1. The highest BCUT2D eigenvalue weighted by Gasteiger charge is 2.46. The Morgan fingerprint density at radius 1 is 1.05 bits per heavy atom. The van der Waals surface area contributed by atoms with Crippen LogP contribution in [0.25, 0.3) is 10.9 Å². The normalized spacial score (nSPS) is 18.3. The summed E-state index contributed by atoms with van der Waals surface area (Å²) in [5.41, 5.74) is 7.68. The van der Waals surface area contributed by atoms with Crippen LogP contribution in [0.1, 0.15) is 57.4 Å². The molecule has 1 aliphatic carbocycles. The van der Waals surface area contributed by atoms with E-state index in [9.17, 15) is 19.2 Å². The van der Waals surface area contributed by atoms with Gasteiger partial charge in [-0.05, 0) is 54.0 Å². The number of aromatic nitrogens is 1. The maximum absolute atomic E-state index is 14.1. The maximum atomic E-state index is 14.1. The molecule has 0 saturated carbocycles. The van der Waals surface area contributed by atoms with E-state index >= 15 is 0 Å². The number of carbonyl (C=O) groups is 4. The van der Waals surface area contributed by atoms with E-state index in [4.69, 9.17) is 22.1 Å². The third-order valence-electron chi connectivity index (χ3n) is 8.28. The first kappa shape index (κ1) is 31.9. The molecule has 0 fully saturated rings. The first-order chi connectivity index (χ1) is 20.4. The molecule has 4 amide bonds. The lowest BCUT2D eigenvalue weighted by molar-refractivity contribution is -0.137. The topological polar surface area (TPSA) is 155 Å². The van der Waals surface area contributed by atoms with Gasteiger partial charge in [-0.2, -0.15) is 0 Å². The van der Waals surface area contributed by atoms with Crippen LogP contribution in [0.5, 0.6) is 0 Å². The number of nitrogens with one attached hydrogen (secondary N) is 4. The fourth-order valence-electron chi connectivity index (χ4n) is 5.53. The van der Waals surface area contributed by atoms with Crippen LogP contribution in [0.2, 0.25) is 5.02 Å². The molecule has 43 heavy (non-hydrogen) atoms. The van der Waals surface area contributed by atoms with Gasteiger partial charge < -0.3 is 31.4 Å². The van der Waals surface area contributed by atoms with Crippen LogP contribution >= 0.6 is 11.6 Å². The van der Waals surface area contributed by atoms with Crippen molar-refractivity contribution in [2.24, 2.45) is 17.6 Å². The van der Waals surface area contributed by atoms with Gasteiger partial charge in [0.25, 0.3) is 0 Å². The van der Waals surface area contributed by atoms with Gasteiger partial charge in [0.2, 0.25) is 17.7 Å². The fraction of sp³-hybridized carbons (Fsp3) is 0.438. The number of amides is 4. The number of primary amides is 1. The van der Waals surface area contributed by atoms with Crippen molar-refractivity contribution in [3.63, 3.8) is 0 Å². The minimum absolute atomic E-state index is 0.0451. The number of benzene rings is 2. The first-order valence-electron chi connectivity index (χ1n) is 14.6. The number of aryl methyl sites for hydroxylation is 1. The Morgan fingerprint density at radius 2 is 1.77 bits per heavy atom. The van der Waals surface area contributed by atoms with E-state index in [1.165, 1.54) is 0 Å². The van der Waals surface area contributed by atoms with Crippen LogP contribution in [0, 0.1) is 11.8 Å². The molecule has 0 radical (unpaired) electrons. The van der Waals surface area contributed by atoms with E-state index in [-0.39, 0.29) is 31.3 Å². The van der Waals surface area contributed by atoms with Gasteiger partial charge in [0.1, 0.15) is 24.2 Å². The second-order valence-electron chi connectivity index (χ2n) is 11.7. The summed E-state index contributed by atoms with van der Waals surface area (Å²) in [6.45, 7) is 7.37. The number of fused-ring (bicyclic) bond motifs is 3. The zero-order valence-corrected chi connectivity index (χ0v) is 25.7. The summed E-state index contributed by atoms with van der Waals surface area (Å²) >= 11 is 6.31. The average molecular weight is 610 g/mol. The van der Waals surface area contributed by atoms with E-state index in [0.717, 1.165) is 27.7 Å². The lowest BCUT2D eigenvalue weighted by Gasteiger charge is -2.39. The van der Waals surface area contributed by atoms with Crippen molar-refractivity contribution in [1.82, 2.24) is 20.9 Å². The summed E-state index contributed by atoms with van der Waals surface area (Å²) in [5, 5.41) is 9.90. The molecule has 2 aromatic carbocycles. The summed E-state index contributed by atoms with van der Waals surface area (Å²) in [6, 6.07) is 12.8. The van der Waals surface area contributed by atoms with Gasteiger partial charge >= 0.3 is 6.09 Å². The number of rotatable bonds is 11. The Balaban J connectivity index is 1.63. The van der Waals surface area contributed by atoms with Gasteiger partial charge in [0.15, 0.2) is 0 Å². The maximum Gasteiger partial charge on any atom is 0.408 e. The molecule has 4 rings (SSSR count). The highest BCUT2D eigenvalue weighted by Crippen LogP contribution is 2.36. The number of halogens is 1. The molecule has 0 saturated heterocycles. The lowest BCUT2D eigenvalue weighted by Crippen LogP contribution is -2.67. The fourth-order valence-corrected chi connectivity index (χ4v) is 5.70. The third-order valence-corrected chi connectivity index (χ3v) is 8.51. The van der Waals surface area contributed by atoms with E-state index in [2.05, 4.69) is 20.9 Å². The molecular formula is C32H40ClN5O5. The first-order valence-corrected chi connectivity index (χ1v) is 15.0. The molecule has 6 N–H and O–H groups in total. The van der Waals surface area contributed by atoms with Gasteiger partial charge in [-0.3, -0.25) is 14.4 Å². The van der Waals surface area contributed by atoms with Crippen LogP contribution < -0.4 is 21.7 Å². The van der Waals surface area contributed by atoms with Gasteiger partial charge in [-0.15, -0.1) is 0 Å². The zero-order chi connectivity index (χ0) is 31.3. The van der Waals surface area contributed by atoms with Crippen molar-refractivity contribution in [2.45, 2.75) is 77.6 Å². The van der Waals surface area contributed by atoms with Crippen molar-refractivity contribution in [2.75, 3.05) is 0 Å². The minimum Gasteiger partial charge on any atom is -0.445 e. The number of carbonyl (C=O) groups excluding carboxylic acids is 4. The van der Waals surface area contributed by atoms with Crippen molar-refractivity contribution < 1.29 is 23.9 Å². The van der Waals surface area contributed by atoms with Crippen LogP contribution in [-0.2, 0) is 38.6 Å². The number of alkyl carbamates (subject to hydrolysis) is 1. The summed E-state index contributed by atoms with van der Waals surface area (Å²) in [4.78, 5) is 56.5. The van der Waals surface area contributed by atoms with E-state index < -0.39 is 41.4 Å². The number of aromatic amines is 1. The largest absolute Gasteiger partial charge is 0.445 e. The molecule has 0 spiro atoms. The molecule has 11 heteroatoms. The third kappa shape index (κ3) is 7.30. The molecule has 0 aliphatic heterocycles. The molecule has 1 heterocycles. The number of H-pyrrole nitrogens is 1. The van der Waals surface area contributed by atoms with Crippen LogP contribution in [-0.4, -0.2) is 46.4 Å².